The van der Waals surface area contributed by atoms with Crippen LogP contribution in [0.1, 0.15) is 105 Å². The molecule has 0 saturated heterocycles. The molecule has 0 bridgehead atoms. The molecule has 0 N–H and O–H groups in total. The van der Waals surface area contributed by atoms with E-state index >= 15 is 0 Å². The Balaban J connectivity index is 1.09. The fourth-order valence-electron chi connectivity index (χ4n) is 11.5. The molecule has 370 valence electrons. The monoisotopic (exact) mass is 979 g/mol. The molecule has 0 fully saturated rings. The highest BCUT2D eigenvalue weighted by molar-refractivity contribution is 6.98. The number of nitrogens with zero attached hydrogens (tertiary/aromatic N) is 5. The molecule has 0 aliphatic carbocycles. The predicted octanol–water partition coefficient (Wildman–Crippen LogP) is 15.3. The Bertz CT molecular complexity index is 3990. The highest BCUT2D eigenvalue weighted by Gasteiger charge is 2.42. The fraction of sp³-hybridized carbons (Fsp3) is 0.239. The number of fused-ring (bicyclic) bond motifs is 11. The van der Waals surface area contributed by atoms with E-state index < -0.39 is 0 Å². The minimum atomic E-state index is -0.0879. The standard InChI is InChI=1S/C67H62BN5O2/c1-64(2,3)41-25-21-39(22-26-41)61-69-62(40-23-27-42(28-24-40)65(4,5)6)71-63(70-61)73-53-20-16-14-18-47(53)49-32-31-48-46-17-13-15-19-52(46)72(59(48)60(49)73)45-37-56-58-57(38-45)75-55-34-30-44(67(10,11)12)36-51(55)68(58)50-35-43(66(7,8)9)29-33-54(50)74-56/h13-38H,1-12H3. The summed E-state index contributed by atoms with van der Waals surface area (Å²) in [6.45, 7) is 27.0. The van der Waals surface area contributed by atoms with E-state index in [4.69, 9.17) is 24.4 Å². The minimum absolute atomic E-state index is 0.00736. The lowest BCUT2D eigenvalue weighted by Crippen LogP contribution is -2.57. The second kappa shape index (κ2) is 16.3. The molecule has 11 aromatic rings. The first-order chi connectivity index (χ1) is 35.7. The number of aromatic nitrogens is 5. The fourth-order valence-corrected chi connectivity index (χ4v) is 11.5. The van der Waals surface area contributed by atoms with Crippen molar-refractivity contribution in [3.8, 4) is 57.4 Å². The zero-order valence-corrected chi connectivity index (χ0v) is 45.1. The summed E-state index contributed by atoms with van der Waals surface area (Å²) in [5, 5.41) is 4.44. The molecule has 8 heteroatoms. The summed E-state index contributed by atoms with van der Waals surface area (Å²) in [4.78, 5) is 16.2. The van der Waals surface area contributed by atoms with Gasteiger partial charge in [-0.3, -0.25) is 4.57 Å². The van der Waals surface area contributed by atoms with E-state index in [0.717, 1.165) is 99.8 Å². The lowest BCUT2D eigenvalue weighted by atomic mass is 9.34. The molecular weight excluding hydrogens is 918 g/mol. The first kappa shape index (κ1) is 46.8. The van der Waals surface area contributed by atoms with Crippen LogP contribution in [-0.4, -0.2) is 30.8 Å². The molecule has 3 aromatic heterocycles. The van der Waals surface area contributed by atoms with E-state index in [-0.39, 0.29) is 28.4 Å². The molecule has 0 atom stereocenters. The van der Waals surface area contributed by atoms with Crippen molar-refractivity contribution in [2.24, 2.45) is 0 Å². The van der Waals surface area contributed by atoms with Gasteiger partial charge in [-0.25, -0.2) is 4.98 Å². The summed E-state index contributed by atoms with van der Waals surface area (Å²) in [7, 11) is 0. The molecular formula is C67H62BN5O2. The third-order valence-corrected chi connectivity index (χ3v) is 15.8. The third kappa shape index (κ3) is 7.58. The van der Waals surface area contributed by atoms with Crippen LogP contribution in [0, 0.1) is 0 Å². The van der Waals surface area contributed by atoms with Crippen LogP contribution in [0.25, 0.3) is 78.0 Å². The van der Waals surface area contributed by atoms with Crippen molar-refractivity contribution in [2.75, 3.05) is 0 Å². The normalized spacial score (nSPS) is 13.5. The van der Waals surface area contributed by atoms with Gasteiger partial charge in [0.1, 0.15) is 23.0 Å². The molecule has 2 aliphatic rings. The van der Waals surface area contributed by atoms with Crippen LogP contribution in [0.15, 0.2) is 158 Å². The molecule has 13 rings (SSSR count). The zero-order chi connectivity index (χ0) is 52.1. The lowest BCUT2D eigenvalue weighted by molar-refractivity contribution is 0.463. The topological polar surface area (TPSA) is 67.0 Å². The number of hydrogen-bond donors (Lipinski definition) is 0. The van der Waals surface area contributed by atoms with Gasteiger partial charge in [-0.2, -0.15) is 9.97 Å². The molecule has 0 saturated carbocycles. The van der Waals surface area contributed by atoms with Gasteiger partial charge < -0.3 is 14.0 Å². The molecule has 5 heterocycles. The van der Waals surface area contributed by atoms with E-state index in [2.05, 4.69) is 250 Å². The van der Waals surface area contributed by atoms with Crippen LogP contribution < -0.4 is 25.9 Å². The average Bonchev–Trinajstić information content (AvgIpc) is 3.97. The second-order valence-electron chi connectivity index (χ2n) is 25.0. The van der Waals surface area contributed by atoms with E-state index in [1.54, 1.807) is 0 Å². The lowest BCUT2D eigenvalue weighted by Gasteiger charge is -2.35. The second-order valence-corrected chi connectivity index (χ2v) is 25.0. The maximum absolute atomic E-state index is 7.13. The minimum Gasteiger partial charge on any atom is -0.458 e. The van der Waals surface area contributed by atoms with Crippen molar-refractivity contribution in [1.29, 1.82) is 0 Å². The van der Waals surface area contributed by atoms with Gasteiger partial charge in [-0.1, -0.05) is 204 Å². The molecule has 0 spiro atoms. The Morgan fingerprint density at radius 3 is 1.21 bits per heavy atom. The SMILES string of the molecule is CC(C)(C)c1ccc(-c2nc(-c3ccc(C(C)(C)C)cc3)nc(-n3c4ccccc4c4ccc5c6ccccc6n(-c6cc7c8c(c6)Oc6ccc(C(C)(C)C)cc6B8c6cc(C(C)(C)C)ccc6O7)c5c43)n2)cc1. The summed E-state index contributed by atoms with van der Waals surface area (Å²) in [5.74, 6) is 5.06. The van der Waals surface area contributed by atoms with Crippen LogP contribution in [0.3, 0.4) is 0 Å². The Morgan fingerprint density at radius 2 is 0.773 bits per heavy atom. The average molecular weight is 980 g/mol. The molecule has 2 aliphatic heterocycles. The van der Waals surface area contributed by atoms with Crippen LogP contribution >= 0.6 is 0 Å². The molecule has 7 nitrogen and oxygen atoms in total. The van der Waals surface area contributed by atoms with Crippen LogP contribution in [0.4, 0.5) is 0 Å². The van der Waals surface area contributed by atoms with Crippen molar-refractivity contribution in [3.63, 3.8) is 0 Å². The number of ether oxygens (including phenoxy) is 2. The van der Waals surface area contributed by atoms with Crippen molar-refractivity contribution in [3.05, 3.63) is 180 Å². The van der Waals surface area contributed by atoms with Gasteiger partial charge in [0, 0.05) is 50.3 Å². The smallest absolute Gasteiger partial charge is 0.260 e. The molecule has 0 amide bonds. The van der Waals surface area contributed by atoms with Crippen molar-refractivity contribution >= 4 is 66.7 Å². The van der Waals surface area contributed by atoms with E-state index in [1.807, 2.05) is 0 Å². The summed E-state index contributed by atoms with van der Waals surface area (Å²) in [6.07, 6.45) is 0. The van der Waals surface area contributed by atoms with Crippen molar-refractivity contribution in [2.45, 2.75) is 105 Å². The third-order valence-electron chi connectivity index (χ3n) is 15.8. The Labute approximate surface area is 440 Å². The van der Waals surface area contributed by atoms with E-state index in [1.165, 1.54) is 22.3 Å². The summed E-state index contributed by atoms with van der Waals surface area (Å²) in [5.41, 5.74) is 15.1. The van der Waals surface area contributed by atoms with Crippen LogP contribution in [0.2, 0.25) is 0 Å². The maximum Gasteiger partial charge on any atom is 0.260 e. The van der Waals surface area contributed by atoms with Gasteiger partial charge >= 0.3 is 0 Å². The van der Waals surface area contributed by atoms with Gasteiger partial charge in [0.05, 0.1) is 27.8 Å². The van der Waals surface area contributed by atoms with Gasteiger partial charge in [0.2, 0.25) is 5.95 Å². The van der Waals surface area contributed by atoms with Crippen LogP contribution in [0.5, 0.6) is 23.0 Å². The molecule has 0 radical (unpaired) electrons. The number of hydrogen-bond acceptors (Lipinski definition) is 5. The first-order valence-electron chi connectivity index (χ1n) is 26.5. The summed E-state index contributed by atoms with van der Waals surface area (Å²) in [6, 6.07) is 57.2. The van der Waals surface area contributed by atoms with E-state index in [9.17, 15) is 0 Å². The quantitative estimate of drug-likeness (QED) is 0.164. The Kier molecular flexibility index (Phi) is 10.1. The summed E-state index contributed by atoms with van der Waals surface area (Å²) < 4.78 is 18.9. The number of benzene rings is 8. The highest BCUT2D eigenvalue weighted by Crippen LogP contribution is 2.45. The van der Waals surface area contributed by atoms with Crippen LogP contribution in [-0.2, 0) is 21.7 Å². The Hall–Kier alpha value is -7.97. The van der Waals surface area contributed by atoms with Crippen molar-refractivity contribution < 1.29 is 9.47 Å². The molecule has 75 heavy (non-hydrogen) atoms. The van der Waals surface area contributed by atoms with E-state index in [0.29, 0.717) is 17.6 Å². The largest absolute Gasteiger partial charge is 0.458 e. The zero-order valence-electron chi connectivity index (χ0n) is 45.1. The maximum atomic E-state index is 7.13. The number of para-hydroxylation sites is 2. The Morgan fingerprint density at radius 1 is 0.373 bits per heavy atom. The van der Waals surface area contributed by atoms with Crippen molar-refractivity contribution in [1.82, 2.24) is 24.1 Å². The predicted molar refractivity (Wildman–Crippen MR) is 312 cm³/mol. The highest BCUT2D eigenvalue weighted by atomic mass is 16.5. The first-order valence-corrected chi connectivity index (χ1v) is 26.5. The summed E-state index contributed by atoms with van der Waals surface area (Å²) >= 11 is 0. The van der Waals surface area contributed by atoms with Gasteiger partial charge in [-0.15, -0.1) is 0 Å². The van der Waals surface area contributed by atoms with Gasteiger partial charge in [0.15, 0.2) is 11.6 Å². The van der Waals surface area contributed by atoms with Gasteiger partial charge in [0.25, 0.3) is 6.71 Å². The molecule has 8 aromatic carbocycles. The number of rotatable bonds is 4. The molecule has 0 unspecified atom stereocenters. The van der Waals surface area contributed by atoms with Gasteiger partial charge in [-0.05, 0) is 79.1 Å².